The predicted octanol–water partition coefficient (Wildman–Crippen LogP) is 5.82. The van der Waals surface area contributed by atoms with Crippen LogP contribution in [-0.2, 0) is 0 Å². The molecule has 1 aromatic heterocycles. The van der Waals surface area contributed by atoms with Crippen LogP contribution in [0.2, 0.25) is 0 Å². The molecule has 0 bridgehead atoms. The Kier molecular flexibility index (Phi) is 3.34. The predicted molar refractivity (Wildman–Crippen MR) is 87.9 cm³/mol. The minimum Gasteiger partial charge on any atom is -0.357 e. The molecule has 0 amide bonds. The maximum atomic E-state index is 4.51. The third-order valence-corrected chi connectivity index (χ3v) is 3.74. The van der Waals surface area contributed by atoms with Crippen LogP contribution in [0.1, 0.15) is 22.4 Å². The molecule has 21 heavy (non-hydrogen) atoms. The van der Waals surface area contributed by atoms with E-state index >= 15 is 0 Å². The van der Waals surface area contributed by atoms with Gasteiger partial charge in [-0.2, -0.15) is 0 Å². The molecular weight excluding hydrogens is 258 g/mol. The van der Waals surface area contributed by atoms with Gasteiger partial charge in [-0.1, -0.05) is 35.9 Å². The first-order valence-corrected chi connectivity index (χ1v) is 7.13. The minimum atomic E-state index is 0.921. The normalized spacial score (nSPS) is 11.6. The molecule has 106 valence electrons. The smallest absolute Gasteiger partial charge is 0.114 e. The van der Waals surface area contributed by atoms with Crippen LogP contribution in [0.15, 0.2) is 46.6 Å². The second kappa shape index (κ2) is 5.17. The SMILES string of the molecule is Cc1cc(C)c(N=Nc2c(C)[nH]c3ccccc23)c(C)c1. The van der Waals surface area contributed by atoms with Gasteiger partial charge in [-0.15, -0.1) is 10.2 Å². The maximum Gasteiger partial charge on any atom is 0.114 e. The average molecular weight is 277 g/mol. The number of benzene rings is 2. The molecule has 0 unspecified atom stereocenters. The zero-order valence-electron chi connectivity index (χ0n) is 12.9. The summed E-state index contributed by atoms with van der Waals surface area (Å²) in [7, 11) is 0. The van der Waals surface area contributed by atoms with Gasteiger partial charge in [-0.05, 0) is 44.9 Å². The highest BCUT2D eigenvalue weighted by Gasteiger charge is 2.08. The van der Waals surface area contributed by atoms with E-state index < -0.39 is 0 Å². The number of nitrogens with one attached hydrogen (secondary N) is 1. The Hall–Kier alpha value is -2.42. The maximum absolute atomic E-state index is 4.51. The number of fused-ring (bicyclic) bond motifs is 1. The van der Waals surface area contributed by atoms with E-state index in [1.54, 1.807) is 0 Å². The molecule has 3 nitrogen and oxygen atoms in total. The molecule has 0 saturated heterocycles. The third kappa shape index (κ3) is 2.47. The monoisotopic (exact) mass is 277 g/mol. The second-order valence-corrected chi connectivity index (χ2v) is 5.59. The molecule has 0 saturated carbocycles. The Morgan fingerprint density at radius 3 is 2.14 bits per heavy atom. The number of rotatable bonds is 2. The molecule has 3 heteroatoms. The van der Waals surface area contributed by atoms with Crippen molar-refractivity contribution in [2.75, 3.05) is 0 Å². The van der Waals surface area contributed by atoms with E-state index in [1.807, 2.05) is 19.1 Å². The van der Waals surface area contributed by atoms with Crippen molar-refractivity contribution in [3.05, 3.63) is 58.8 Å². The average Bonchev–Trinajstić information content (AvgIpc) is 2.73. The molecule has 0 spiro atoms. The molecule has 1 N–H and O–H groups in total. The van der Waals surface area contributed by atoms with Gasteiger partial charge in [-0.3, -0.25) is 0 Å². The van der Waals surface area contributed by atoms with Gasteiger partial charge in [0.1, 0.15) is 5.69 Å². The topological polar surface area (TPSA) is 40.5 Å². The molecule has 0 atom stereocenters. The summed E-state index contributed by atoms with van der Waals surface area (Å²) in [6, 6.07) is 12.5. The summed E-state index contributed by atoms with van der Waals surface area (Å²) in [4.78, 5) is 3.35. The van der Waals surface area contributed by atoms with E-state index in [9.17, 15) is 0 Å². The van der Waals surface area contributed by atoms with Crippen molar-refractivity contribution in [1.29, 1.82) is 0 Å². The fourth-order valence-electron chi connectivity index (χ4n) is 2.82. The summed E-state index contributed by atoms with van der Waals surface area (Å²) in [6.45, 7) is 8.29. The summed E-state index contributed by atoms with van der Waals surface area (Å²) in [5.74, 6) is 0. The van der Waals surface area contributed by atoms with Gasteiger partial charge in [-0.25, -0.2) is 0 Å². The first-order valence-electron chi connectivity index (χ1n) is 7.13. The number of aromatic nitrogens is 1. The molecule has 0 fully saturated rings. The number of hydrogen-bond acceptors (Lipinski definition) is 2. The molecule has 2 aromatic carbocycles. The number of H-pyrrole nitrogens is 1. The Morgan fingerprint density at radius 2 is 1.43 bits per heavy atom. The summed E-state index contributed by atoms with van der Waals surface area (Å²) in [5, 5.41) is 10.1. The summed E-state index contributed by atoms with van der Waals surface area (Å²) in [5.41, 5.74) is 7.61. The molecule has 3 aromatic rings. The highest BCUT2D eigenvalue weighted by atomic mass is 15.1. The van der Waals surface area contributed by atoms with Gasteiger partial charge >= 0.3 is 0 Å². The molecule has 0 aliphatic carbocycles. The molecule has 0 aliphatic heterocycles. The van der Waals surface area contributed by atoms with Gasteiger partial charge in [0.2, 0.25) is 0 Å². The van der Waals surface area contributed by atoms with E-state index in [4.69, 9.17) is 0 Å². The van der Waals surface area contributed by atoms with Gasteiger partial charge in [0.05, 0.1) is 5.69 Å². The zero-order valence-corrected chi connectivity index (χ0v) is 12.9. The number of hydrogen-bond donors (Lipinski definition) is 1. The molecular formula is C18H19N3. The first-order chi connectivity index (χ1) is 10.1. The lowest BCUT2D eigenvalue weighted by molar-refractivity contribution is 1.16. The largest absolute Gasteiger partial charge is 0.357 e. The van der Waals surface area contributed by atoms with Crippen LogP contribution in [0, 0.1) is 27.7 Å². The lowest BCUT2D eigenvalue weighted by atomic mass is 10.1. The van der Waals surface area contributed by atoms with Crippen molar-refractivity contribution < 1.29 is 0 Å². The summed E-state index contributed by atoms with van der Waals surface area (Å²) >= 11 is 0. The zero-order chi connectivity index (χ0) is 15.0. The van der Waals surface area contributed by atoms with Gasteiger partial charge in [0.25, 0.3) is 0 Å². The quantitative estimate of drug-likeness (QED) is 0.574. The summed E-state index contributed by atoms with van der Waals surface area (Å²) < 4.78 is 0. The number of para-hydroxylation sites is 1. The lowest BCUT2D eigenvalue weighted by Gasteiger charge is -2.05. The summed E-state index contributed by atoms with van der Waals surface area (Å²) in [6.07, 6.45) is 0. The Bertz CT molecular complexity index is 818. The van der Waals surface area contributed by atoms with Crippen LogP contribution < -0.4 is 0 Å². The highest BCUT2D eigenvalue weighted by molar-refractivity contribution is 5.92. The van der Waals surface area contributed by atoms with Crippen LogP contribution in [0.3, 0.4) is 0 Å². The number of nitrogens with zero attached hydrogens (tertiary/aromatic N) is 2. The van der Waals surface area contributed by atoms with E-state index in [1.165, 1.54) is 5.56 Å². The van der Waals surface area contributed by atoms with Crippen LogP contribution in [0.25, 0.3) is 10.9 Å². The first kappa shape index (κ1) is 13.6. The molecule has 0 aliphatic rings. The van der Waals surface area contributed by atoms with Gasteiger partial charge in [0.15, 0.2) is 0 Å². The Morgan fingerprint density at radius 1 is 0.810 bits per heavy atom. The van der Waals surface area contributed by atoms with E-state index in [-0.39, 0.29) is 0 Å². The van der Waals surface area contributed by atoms with E-state index in [0.717, 1.165) is 39.1 Å². The van der Waals surface area contributed by atoms with Crippen molar-refractivity contribution in [2.24, 2.45) is 10.2 Å². The third-order valence-electron chi connectivity index (χ3n) is 3.74. The fourth-order valence-corrected chi connectivity index (χ4v) is 2.82. The fraction of sp³-hybridized carbons (Fsp3) is 0.222. The van der Waals surface area contributed by atoms with Crippen molar-refractivity contribution in [1.82, 2.24) is 4.98 Å². The number of aryl methyl sites for hydroxylation is 4. The standard InChI is InChI=1S/C18H19N3/c1-11-9-12(2)17(13(3)10-11)20-21-18-14(4)19-16-8-6-5-7-15(16)18/h5-10,19H,1-4H3. The number of aromatic amines is 1. The van der Waals surface area contributed by atoms with Crippen LogP contribution in [0.5, 0.6) is 0 Å². The van der Waals surface area contributed by atoms with Crippen LogP contribution >= 0.6 is 0 Å². The van der Waals surface area contributed by atoms with Gasteiger partial charge in [0, 0.05) is 16.6 Å². The lowest BCUT2D eigenvalue weighted by Crippen LogP contribution is -1.82. The van der Waals surface area contributed by atoms with Crippen molar-refractivity contribution in [3.63, 3.8) is 0 Å². The molecule has 3 rings (SSSR count). The van der Waals surface area contributed by atoms with Crippen molar-refractivity contribution in [2.45, 2.75) is 27.7 Å². The van der Waals surface area contributed by atoms with E-state index in [2.05, 4.69) is 60.2 Å². The molecule has 0 radical (unpaired) electrons. The van der Waals surface area contributed by atoms with Crippen molar-refractivity contribution >= 4 is 22.3 Å². The Balaban J connectivity index is 2.08. The minimum absolute atomic E-state index is 0.921. The van der Waals surface area contributed by atoms with E-state index in [0.29, 0.717) is 0 Å². The van der Waals surface area contributed by atoms with Crippen molar-refractivity contribution in [3.8, 4) is 0 Å². The highest BCUT2D eigenvalue weighted by Crippen LogP contribution is 2.33. The van der Waals surface area contributed by atoms with Gasteiger partial charge < -0.3 is 4.98 Å². The van der Waals surface area contributed by atoms with Crippen LogP contribution in [-0.4, -0.2) is 4.98 Å². The molecule has 1 heterocycles. The number of azo groups is 1. The second-order valence-electron chi connectivity index (χ2n) is 5.59. The van der Waals surface area contributed by atoms with Crippen LogP contribution in [0.4, 0.5) is 11.4 Å². The Labute approximate surface area is 124 Å².